The Kier molecular flexibility index (Phi) is 186. The van der Waals surface area contributed by atoms with Crippen LogP contribution in [0.25, 0.3) is 0 Å². The summed E-state index contributed by atoms with van der Waals surface area (Å²) in [5, 5.41) is 0. The molecule has 0 aliphatic carbocycles. The summed E-state index contributed by atoms with van der Waals surface area (Å²) in [4.78, 5) is 0. The van der Waals surface area contributed by atoms with Crippen LogP contribution in [-0.2, 0) is 33.9 Å². The van der Waals surface area contributed by atoms with Crippen LogP contribution in [0, 0.1) is 0 Å². The van der Waals surface area contributed by atoms with Gasteiger partial charge in [0, 0.05) is 44.8 Å². The molecule has 0 N–H and O–H groups in total. The van der Waals surface area contributed by atoms with Crippen molar-refractivity contribution in [2.75, 3.05) is 0 Å². The monoisotopic (exact) mass is 164 g/mol. The molecule has 0 saturated carbocycles. The van der Waals surface area contributed by atoms with E-state index in [1.165, 1.54) is 0 Å². The molecular formula is H2CrMgNiSi. The van der Waals surface area contributed by atoms with Gasteiger partial charge in [0.15, 0.2) is 0 Å². The average molecular weight is 165 g/mol. The minimum atomic E-state index is 0. The van der Waals surface area contributed by atoms with E-state index in [0.717, 1.165) is 0 Å². The molecule has 0 aliphatic heterocycles. The van der Waals surface area contributed by atoms with E-state index in [0.29, 0.717) is 0 Å². The Morgan fingerprint density at radius 1 is 1.25 bits per heavy atom. The van der Waals surface area contributed by atoms with E-state index < -0.39 is 0 Å². The van der Waals surface area contributed by atoms with Gasteiger partial charge in [-0.05, 0) is 0 Å². The normalized spacial score (nSPS) is 0. The summed E-state index contributed by atoms with van der Waals surface area (Å²) in [7, 11) is 0. The molecule has 0 bridgehead atoms. The Balaban J connectivity index is 0. The van der Waals surface area contributed by atoms with Gasteiger partial charge in [-0.1, -0.05) is 0 Å². The zero-order valence-electron chi connectivity index (χ0n) is 3.93. The van der Waals surface area contributed by atoms with E-state index in [1.54, 1.807) is 0 Å². The summed E-state index contributed by atoms with van der Waals surface area (Å²) in [5.41, 5.74) is 0. The largest absolute Gasteiger partial charge is 2.00 e. The topological polar surface area (TPSA) is 0 Å². The third kappa shape index (κ3) is 8.99. The van der Waals surface area contributed by atoms with Crippen molar-refractivity contribution in [3.8, 4) is 0 Å². The van der Waals surface area contributed by atoms with Gasteiger partial charge in [0.1, 0.15) is 0 Å². The van der Waals surface area contributed by atoms with Crippen LogP contribution in [-0.4, -0.2) is 34.0 Å². The van der Waals surface area contributed by atoms with Crippen molar-refractivity contribution >= 4 is 34.0 Å². The van der Waals surface area contributed by atoms with Crippen LogP contribution in [0.2, 0.25) is 0 Å². The van der Waals surface area contributed by atoms with Crippen molar-refractivity contribution in [2.24, 2.45) is 0 Å². The molecule has 0 aromatic rings. The second-order valence-electron chi connectivity index (χ2n) is 0. The maximum Gasteiger partial charge on any atom is 2.00 e. The zero-order valence-corrected chi connectivity index (χ0v) is 6.61. The molecule has 0 atom stereocenters. The second-order valence-corrected chi connectivity index (χ2v) is 0. The third-order valence-corrected chi connectivity index (χ3v) is 0. The Morgan fingerprint density at radius 2 is 1.25 bits per heavy atom. The van der Waals surface area contributed by atoms with Gasteiger partial charge in [-0.25, -0.2) is 0 Å². The molecule has 4 radical (unpaired) electrons. The van der Waals surface area contributed by atoms with Crippen molar-refractivity contribution in [3.63, 3.8) is 0 Å². The molecule has 4 heavy (non-hydrogen) atoms. The summed E-state index contributed by atoms with van der Waals surface area (Å²) in [6, 6.07) is 0. The first-order valence-electron chi connectivity index (χ1n) is 0. The van der Waals surface area contributed by atoms with Crippen LogP contribution in [0.1, 0.15) is 2.85 Å². The van der Waals surface area contributed by atoms with E-state index in [-0.39, 0.29) is 70.7 Å². The zero-order chi connectivity index (χ0) is 0. The molecule has 0 aliphatic rings. The summed E-state index contributed by atoms with van der Waals surface area (Å²) >= 11 is 0. The average Bonchev–Trinajstić information content (AvgIpc) is 0. The quantitative estimate of drug-likeness (QED) is 0.423. The predicted octanol–water partition coefficient (Wildman–Crippen LogP) is -0.542. The third-order valence-electron chi connectivity index (χ3n) is 0. The predicted molar refractivity (Wildman–Crippen MR) is 13.7 cm³/mol. The molecular weight excluding hydrogens is 163 g/mol. The van der Waals surface area contributed by atoms with Crippen LogP contribution in [0.15, 0.2) is 0 Å². The van der Waals surface area contributed by atoms with Crippen molar-refractivity contribution in [1.82, 2.24) is 0 Å². The molecule has 0 aromatic heterocycles. The first kappa shape index (κ1) is 37.4. The van der Waals surface area contributed by atoms with E-state index in [9.17, 15) is 0 Å². The minimum Gasteiger partial charge on any atom is -1.00 e. The molecule has 0 aromatic carbocycles. The van der Waals surface area contributed by atoms with Crippen LogP contribution in [0.3, 0.4) is 0 Å². The van der Waals surface area contributed by atoms with Gasteiger partial charge in [-0.3, -0.25) is 0 Å². The summed E-state index contributed by atoms with van der Waals surface area (Å²) in [5.74, 6) is 0. The molecule has 0 fully saturated rings. The molecule has 4 heteroatoms. The molecule has 0 spiro atoms. The Labute approximate surface area is 70.3 Å². The molecule has 0 amide bonds. The van der Waals surface area contributed by atoms with Crippen LogP contribution in [0.5, 0.6) is 0 Å². The fraction of sp³-hybridized carbons (Fsp3) is 0. The fourth-order valence-corrected chi connectivity index (χ4v) is 0. The van der Waals surface area contributed by atoms with Crippen molar-refractivity contribution in [2.45, 2.75) is 0 Å². The Hall–Kier alpha value is 2.01. The summed E-state index contributed by atoms with van der Waals surface area (Å²) in [6.45, 7) is 0. The van der Waals surface area contributed by atoms with Gasteiger partial charge in [0.2, 0.25) is 0 Å². The second kappa shape index (κ2) is 19.9. The molecule has 0 heterocycles. The van der Waals surface area contributed by atoms with Gasteiger partial charge in [0.25, 0.3) is 0 Å². The number of hydrogen-bond donors (Lipinski definition) is 0. The SMILES string of the molecule is [Cr].[H-].[H-].[Mg+2].[Ni].[Si]. The first-order chi connectivity index (χ1) is 0. The minimum absolute atomic E-state index is 0. The van der Waals surface area contributed by atoms with Crippen LogP contribution >= 0.6 is 0 Å². The molecule has 24 valence electrons. The first-order valence-corrected chi connectivity index (χ1v) is 0. The van der Waals surface area contributed by atoms with E-state index in [4.69, 9.17) is 0 Å². The van der Waals surface area contributed by atoms with Crippen LogP contribution in [0.4, 0.5) is 0 Å². The van der Waals surface area contributed by atoms with E-state index in [1.807, 2.05) is 0 Å². The maximum absolute atomic E-state index is 0. The van der Waals surface area contributed by atoms with Gasteiger partial charge in [-0.2, -0.15) is 0 Å². The van der Waals surface area contributed by atoms with Gasteiger partial charge < -0.3 is 2.85 Å². The van der Waals surface area contributed by atoms with Crippen molar-refractivity contribution in [1.29, 1.82) is 0 Å². The maximum atomic E-state index is 0. The van der Waals surface area contributed by atoms with E-state index >= 15 is 0 Å². The standard InChI is InChI=1S/Cr.Mg.Ni.Si.2H/q;+2;;;2*-1. The fourth-order valence-electron chi connectivity index (χ4n) is 0. The smallest absolute Gasteiger partial charge is 1.00 e. The molecule has 0 unspecified atom stereocenters. The Bertz CT molecular complexity index is 13.5. The van der Waals surface area contributed by atoms with E-state index in [2.05, 4.69) is 0 Å². The summed E-state index contributed by atoms with van der Waals surface area (Å²) in [6.07, 6.45) is 0. The van der Waals surface area contributed by atoms with Crippen molar-refractivity contribution < 1.29 is 36.7 Å². The number of rotatable bonds is 0. The van der Waals surface area contributed by atoms with Gasteiger partial charge >= 0.3 is 23.1 Å². The van der Waals surface area contributed by atoms with Crippen molar-refractivity contribution in [3.05, 3.63) is 0 Å². The van der Waals surface area contributed by atoms with Gasteiger partial charge in [0.05, 0.1) is 0 Å². The molecule has 0 rings (SSSR count). The number of hydrogen-bond acceptors (Lipinski definition) is 0. The summed E-state index contributed by atoms with van der Waals surface area (Å²) < 4.78 is 0. The van der Waals surface area contributed by atoms with Gasteiger partial charge in [-0.15, -0.1) is 0 Å². The molecule has 0 saturated heterocycles. The molecule has 0 nitrogen and oxygen atoms in total. The van der Waals surface area contributed by atoms with Crippen LogP contribution < -0.4 is 0 Å². The Morgan fingerprint density at radius 3 is 1.25 bits per heavy atom.